The minimum absolute atomic E-state index is 0.234. The number of rotatable bonds is 11. The monoisotopic (exact) mass is 254 g/mol. The number of ether oxygens (including phenoxy) is 2. The largest absolute Gasteiger partial charge is 0.348 e. The lowest BCUT2D eigenvalue weighted by Gasteiger charge is -2.27. The molecule has 0 aromatic heterocycles. The van der Waals surface area contributed by atoms with Gasteiger partial charge in [-0.15, -0.1) is 6.58 Å². The van der Waals surface area contributed by atoms with Gasteiger partial charge < -0.3 is 9.47 Å². The molecule has 18 heavy (non-hydrogen) atoms. The van der Waals surface area contributed by atoms with E-state index in [-0.39, 0.29) is 5.79 Å². The van der Waals surface area contributed by atoms with Crippen molar-refractivity contribution in [2.24, 2.45) is 0 Å². The molecule has 0 N–H and O–H groups in total. The zero-order valence-corrected chi connectivity index (χ0v) is 12.1. The number of hydrogen-bond donors (Lipinski definition) is 0. The maximum atomic E-state index is 5.88. The summed E-state index contributed by atoms with van der Waals surface area (Å²) in [6.07, 6.45) is 14.2. The van der Waals surface area contributed by atoms with Gasteiger partial charge in [-0.2, -0.15) is 0 Å². The van der Waals surface area contributed by atoms with E-state index in [0.29, 0.717) is 0 Å². The van der Waals surface area contributed by atoms with Crippen molar-refractivity contribution in [3.05, 3.63) is 12.7 Å². The van der Waals surface area contributed by atoms with Gasteiger partial charge in [0.05, 0.1) is 13.2 Å². The van der Waals surface area contributed by atoms with Crippen LogP contribution >= 0.6 is 0 Å². The van der Waals surface area contributed by atoms with E-state index in [9.17, 15) is 0 Å². The van der Waals surface area contributed by atoms with E-state index in [1.54, 1.807) is 0 Å². The third-order valence-electron chi connectivity index (χ3n) is 3.69. The average Bonchev–Trinajstić information content (AvgIpc) is 2.84. The van der Waals surface area contributed by atoms with Gasteiger partial charge in [0, 0.05) is 12.8 Å². The van der Waals surface area contributed by atoms with Crippen molar-refractivity contribution in [1.29, 1.82) is 0 Å². The Morgan fingerprint density at radius 2 is 1.56 bits per heavy atom. The van der Waals surface area contributed by atoms with Crippen LogP contribution in [0.2, 0.25) is 0 Å². The molecule has 1 rings (SSSR count). The molecule has 0 radical (unpaired) electrons. The molecule has 1 saturated heterocycles. The van der Waals surface area contributed by atoms with Crippen molar-refractivity contribution in [3.63, 3.8) is 0 Å². The van der Waals surface area contributed by atoms with Gasteiger partial charge in [0.1, 0.15) is 0 Å². The van der Waals surface area contributed by atoms with E-state index in [4.69, 9.17) is 9.47 Å². The fourth-order valence-electron chi connectivity index (χ4n) is 2.59. The van der Waals surface area contributed by atoms with Gasteiger partial charge in [0.15, 0.2) is 5.79 Å². The quantitative estimate of drug-likeness (QED) is 0.388. The van der Waals surface area contributed by atoms with Gasteiger partial charge in [0.25, 0.3) is 0 Å². The molecule has 1 heterocycles. The van der Waals surface area contributed by atoms with Crippen LogP contribution in [0.5, 0.6) is 0 Å². The summed E-state index contributed by atoms with van der Waals surface area (Å²) in [4.78, 5) is 0. The maximum Gasteiger partial charge on any atom is 0.168 e. The molecule has 0 aliphatic carbocycles. The molecule has 2 heteroatoms. The lowest BCUT2D eigenvalue weighted by Crippen LogP contribution is -2.30. The molecule has 0 spiro atoms. The Labute approximate surface area is 113 Å². The summed E-state index contributed by atoms with van der Waals surface area (Å²) in [6, 6.07) is 0. The molecular weight excluding hydrogens is 224 g/mol. The second kappa shape index (κ2) is 9.57. The lowest BCUT2D eigenvalue weighted by molar-refractivity contribution is -0.168. The van der Waals surface area contributed by atoms with Gasteiger partial charge in [-0.25, -0.2) is 0 Å². The van der Waals surface area contributed by atoms with E-state index in [2.05, 4.69) is 13.5 Å². The Morgan fingerprint density at radius 1 is 0.944 bits per heavy atom. The van der Waals surface area contributed by atoms with Gasteiger partial charge in [-0.3, -0.25) is 0 Å². The normalized spacial score (nSPS) is 18.1. The highest BCUT2D eigenvalue weighted by Crippen LogP contribution is 2.31. The summed E-state index contributed by atoms with van der Waals surface area (Å²) in [6.45, 7) is 7.56. The van der Waals surface area contributed by atoms with Crippen molar-refractivity contribution < 1.29 is 9.47 Å². The molecule has 106 valence electrons. The van der Waals surface area contributed by atoms with Crippen LogP contribution in [-0.2, 0) is 9.47 Å². The Bertz CT molecular complexity index is 207. The minimum atomic E-state index is -0.234. The number of allylic oxidation sites excluding steroid dienone is 1. The smallest absolute Gasteiger partial charge is 0.168 e. The molecule has 0 saturated carbocycles. The summed E-state index contributed by atoms with van der Waals surface area (Å²) >= 11 is 0. The van der Waals surface area contributed by atoms with E-state index < -0.39 is 0 Å². The van der Waals surface area contributed by atoms with E-state index >= 15 is 0 Å². The fourth-order valence-corrected chi connectivity index (χ4v) is 2.59. The SMILES string of the molecule is C=CCCCCCC1(CCCCCC)OCCO1. The molecule has 1 aliphatic rings. The molecule has 0 atom stereocenters. The molecule has 1 aliphatic heterocycles. The maximum absolute atomic E-state index is 5.88. The summed E-state index contributed by atoms with van der Waals surface area (Å²) < 4.78 is 11.8. The Balaban J connectivity index is 2.18. The first-order valence-corrected chi connectivity index (χ1v) is 7.72. The van der Waals surface area contributed by atoms with Crippen LogP contribution < -0.4 is 0 Å². The molecule has 0 bridgehead atoms. The second-order valence-electron chi connectivity index (χ2n) is 5.31. The zero-order valence-electron chi connectivity index (χ0n) is 12.1. The summed E-state index contributed by atoms with van der Waals surface area (Å²) in [5.41, 5.74) is 0. The average molecular weight is 254 g/mol. The van der Waals surface area contributed by atoms with Crippen LogP contribution in [0, 0.1) is 0 Å². The highest BCUT2D eigenvalue weighted by Gasteiger charge is 2.34. The van der Waals surface area contributed by atoms with E-state index in [1.165, 1.54) is 44.9 Å². The van der Waals surface area contributed by atoms with Crippen LogP contribution in [0.25, 0.3) is 0 Å². The van der Waals surface area contributed by atoms with Gasteiger partial charge in [-0.05, 0) is 25.7 Å². The third kappa shape index (κ3) is 6.01. The van der Waals surface area contributed by atoms with Gasteiger partial charge in [0.2, 0.25) is 0 Å². The van der Waals surface area contributed by atoms with E-state index in [0.717, 1.165) is 32.5 Å². The van der Waals surface area contributed by atoms with E-state index in [1.807, 2.05) is 6.08 Å². The van der Waals surface area contributed by atoms with Crippen LogP contribution in [-0.4, -0.2) is 19.0 Å². The van der Waals surface area contributed by atoms with Crippen LogP contribution in [0.1, 0.15) is 71.1 Å². The van der Waals surface area contributed by atoms with Gasteiger partial charge >= 0.3 is 0 Å². The number of unbranched alkanes of at least 4 members (excludes halogenated alkanes) is 6. The predicted molar refractivity (Wildman–Crippen MR) is 76.7 cm³/mol. The molecular formula is C16H30O2. The first kappa shape index (κ1) is 15.7. The fraction of sp³-hybridized carbons (Fsp3) is 0.875. The molecule has 1 fully saturated rings. The van der Waals surface area contributed by atoms with Crippen LogP contribution in [0.3, 0.4) is 0 Å². The molecule has 0 aromatic carbocycles. The highest BCUT2D eigenvalue weighted by molar-refractivity contribution is 4.75. The third-order valence-corrected chi connectivity index (χ3v) is 3.69. The topological polar surface area (TPSA) is 18.5 Å². The molecule has 0 amide bonds. The molecule has 0 aromatic rings. The van der Waals surface area contributed by atoms with Crippen LogP contribution in [0.4, 0.5) is 0 Å². The zero-order chi connectivity index (χ0) is 13.1. The molecule has 2 nitrogen and oxygen atoms in total. The number of hydrogen-bond acceptors (Lipinski definition) is 2. The standard InChI is InChI=1S/C16H30O2/c1-3-5-7-9-11-13-16(17-14-15-18-16)12-10-8-6-4-2/h3H,1,4-15H2,2H3. The lowest BCUT2D eigenvalue weighted by atomic mass is 10.00. The van der Waals surface area contributed by atoms with Crippen molar-refractivity contribution in [2.45, 2.75) is 76.9 Å². The van der Waals surface area contributed by atoms with Crippen molar-refractivity contribution in [3.8, 4) is 0 Å². The van der Waals surface area contributed by atoms with Crippen molar-refractivity contribution in [2.75, 3.05) is 13.2 Å². The summed E-state index contributed by atoms with van der Waals surface area (Å²) in [5, 5.41) is 0. The second-order valence-corrected chi connectivity index (χ2v) is 5.31. The predicted octanol–water partition coefficient (Wildman–Crippen LogP) is 4.84. The Hall–Kier alpha value is -0.340. The minimum Gasteiger partial charge on any atom is -0.348 e. The summed E-state index contributed by atoms with van der Waals surface area (Å²) in [7, 11) is 0. The Kier molecular flexibility index (Phi) is 8.36. The first-order valence-electron chi connectivity index (χ1n) is 7.72. The van der Waals surface area contributed by atoms with Gasteiger partial charge in [-0.1, -0.05) is 38.7 Å². The first-order chi connectivity index (χ1) is 8.83. The summed E-state index contributed by atoms with van der Waals surface area (Å²) in [5.74, 6) is -0.234. The Morgan fingerprint density at radius 3 is 2.11 bits per heavy atom. The van der Waals surface area contributed by atoms with Crippen LogP contribution in [0.15, 0.2) is 12.7 Å². The highest BCUT2D eigenvalue weighted by atomic mass is 16.7. The van der Waals surface area contributed by atoms with Crippen molar-refractivity contribution >= 4 is 0 Å². The van der Waals surface area contributed by atoms with Crippen molar-refractivity contribution in [1.82, 2.24) is 0 Å². The molecule has 0 unspecified atom stereocenters.